The molecule has 2 aliphatic heterocycles. The topological polar surface area (TPSA) is 95.1 Å². The third kappa shape index (κ3) is 4.21. The minimum Gasteiger partial charge on any atom is -0.341 e. The van der Waals surface area contributed by atoms with Gasteiger partial charge in [-0.1, -0.05) is 12.1 Å². The smallest absolute Gasteiger partial charge is 0.262 e. The van der Waals surface area contributed by atoms with Crippen molar-refractivity contribution in [3.05, 3.63) is 35.4 Å². The molecule has 0 spiro atoms. The van der Waals surface area contributed by atoms with Crippen LogP contribution >= 0.6 is 0 Å². The third-order valence-corrected chi connectivity index (χ3v) is 5.42. The fraction of sp³-hybridized carbons (Fsp3) is 0.476. The number of hydrogen-bond donors (Lipinski definition) is 0. The van der Waals surface area contributed by atoms with Gasteiger partial charge in [-0.25, -0.2) is 0 Å². The second kappa shape index (κ2) is 8.55. The summed E-state index contributed by atoms with van der Waals surface area (Å²) in [6.45, 7) is 4.68. The van der Waals surface area contributed by atoms with Crippen molar-refractivity contribution in [3.63, 3.8) is 0 Å². The molecule has 1 unspecified atom stereocenters. The van der Waals surface area contributed by atoms with Crippen LogP contribution in [0.2, 0.25) is 0 Å². The maximum atomic E-state index is 13.0. The molecule has 0 bridgehead atoms. The Kier molecular flexibility index (Phi) is 6.10. The van der Waals surface area contributed by atoms with Crippen molar-refractivity contribution in [1.29, 1.82) is 0 Å². The first-order valence-corrected chi connectivity index (χ1v) is 9.84. The summed E-state index contributed by atoms with van der Waals surface area (Å²) >= 11 is 0. The molecule has 154 valence electrons. The zero-order chi connectivity index (χ0) is 21.1. The number of hydrogen-bond acceptors (Lipinski definition) is 5. The van der Waals surface area contributed by atoms with Crippen LogP contribution in [0, 0.1) is 0 Å². The van der Waals surface area contributed by atoms with Crippen LogP contribution in [0.15, 0.2) is 24.3 Å². The van der Waals surface area contributed by atoms with Crippen LogP contribution in [0.5, 0.6) is 0 Å². The van der Waals surface area contributed by atoms with Gasteiger partial charge in [-0.2, -0.15) is 0 Å². The first kappa shape index (κ1) is 20.7. The van der Waals surface area contributed by atoms with Crippen LogP contribution in [0.3, 0.4) is 0 Å². The van der Waals surface area contributed by atoms with Gasteiger partial charge in [-0.05, 0) is 32.4 Å². The van der Waals surface area contributed by atoms with Crippen LogP contribution in [0.4, 0.5) is 0 Å². The van der Waals surface area contributed by atoms with Crippen molar-refractivity contribution in [2.75, 3.05) is 26.2 Å². The van der Waals surface area contributed by atoms with Gasteiger partial charge in [-0.15, -0.1) is 0 Å². The van der Waals surface area contributed by atoms with Crippen molar-refractivity contribution >= 4 is 29.4 Å². The molecule has 0 radical (unpaired) electrons. The number of nitrogens with zero attached hydrogens (tertiary/aromatic N) is 3. The molecule has 4 amide bonds. The average Bonchev–Trinajstić information content (AvgIpc) is 2.87. The van der Waals surface area contributed by atoms with Crippen molar-refractivity contribution in [2.24, 2.45) is 0 Å². The van der Waals surface area contributed by atoms with Gasteiger partial charge in [0.05, 0.1) is 11.1 Å². The SMILES string of the molecule is CC(=O)CCC(=O)N1CCCN(C(=O)C(C)N2C(=O)c3ccccc3C2=O)CC1. The fourth-order valence-corrected chi connectivity index (χ4v) is 3.76. The number of fused-ring (bicyclic) bond motifs is 1. The maximum absolute atomic E-state index is 13.0. The Labute approximate surface area is 169 Å². The van der Waals surface area contributed by atoms with E-state index in [1.807, 2.05) is 0 Å². The maximum Gasteiger partial charge on any atom is 0.262 e. The van der Waals surface area contributed by atoms with Gasteiger partial charge in [-0.3, -0.25) is 24.1 Å². The predicted octanol–water partition coefficient (Wildman–Crippen LogP) is 1.10. The van der Waals surface area contributed by atoms with Gasteiger partial charge in [0.25, 0.3) is 11.8 Å². The molecule has 1 aromatic carbocycles. The highest BCUT2D eigenvalue weighted by Crippen LogP contribution is 2.25. The Morgan fingerprint density at radius 1 is 0.897 bits per heavy atom. The summed E-state index contributed by atoms with van der Waals surface area (Å²) < 4.78 is 0. The quantitative estimate of drug-likeness (QED) is 0.691. The molecule has 8 nitrogen and oxygen atoms in total. The first-order valence-electron chi connectivity index (χ1n) is 9.84. The average molecular weight is 399 g/mol. The van der Waals surface area contributed by atoms with E-state index in [-0.39, 0.29) is 30.4 Å². The van der Waals surface area contributed by atoms with E-state index in [1.54, 1.807) is 41.0 Å². The molecule has 8 heteroatoms. The minimum absolute atomic E-state index is 0.0280. The van der Waals surface area contributed by atoms with E-state index in [2.05, 4.69) is 0 Å². The lowest BCUT2D eigenvalue weighted by atomic mass is 10.1. The molecule has 0 saturated carbocycles. The Balaban J connectivity index is 1.64. The van der Waals surface area contributed by atoms with Crippen LogP contribution in [-0.4, -0.2) is 76.3 Å². The second-order valence-electron chi connectivity index (χ2n) is 7.46. The van der Waals surface area contributed by atoms with Gasteiger partial charge in [0.15, 0.2) is 0 Å². The molecule has 1 fully saturated rings. The molecule has 0 aliphatic carbocycles. The summed E-state index contributed by atoms with van der Waals surface area (Å²) in [6, 6.07) is 5.63. The Morgan fingerprint density at radius 3 is 2.03 bits per heavy atom. The number of rotatable bonds is 5. The lowest BCUT2D eigenvalue weighted by Gasteiger charge is -2.28. The minimum atomic E-state index is -0.914. The number of carbonyl (C=O) groups excluding carboxylic acids is 5. The van der Waals surface area contributed by atoms with Gasteiger partial charge in [0, 0.05) is 39.0 Å². The molecule has 29 heavy (non-hydrogen) atoms. The lowest BCUT2D eigenvalue weighted by molar-refractivity contribution is -0.136. The van der Waals surface area contributed by atoms with Crippen molar-refractivity contribution in [1.82, 2.24) is 14.7 Å². The van der Waals surface area contributed by atoms with Crippen LogP contribution in [0.25, 0.3) is 0 Å². The number of benzene rings is 1. The zero-order valence-electron chi connectivity index (χ0n) is 16.7. The molecular formula is C21H25N3O5. The Morgan fingerprint density at radius 2 is 1.45 bits per heavy atom. The molecular weight excluding hydrogens is 374 g/mol. The fourth-order valence-electron chi connectivity index (χ4n) is 3.76. The molecule has 0 aromatic heterocycles. The molecule has 3 rings (SSSR count). The normalized spacial score (nSPS) is 17.8. The number of amides is 4. The molecule has 2 aliphatic rings. The Bertz CT molecular complexity index is 831. The number of Topliss-reactive ketones (excluding diaryl/α,β-unsaturated/α-hetero) is 1. The molecule has 0 N–H and O–H groups in total. The van der Waals surface area contributed by atoms with Crippen LogP contribution in [0.1, 0.15) is 53.8 Å². The first-order chi connectivity index (χ1) is 13.8. The second-order valence-corrected chi connectivity index (χ2v) is 7.46. The summed E-state index contributed by atoms with van der Waals surface area (Å²) in [6.07, 6.45) is 0.996. The predicted molar refractivity (Wildman–Crippen MR) is 104 cm³/mol. The van der Waals surface area contributed by atoms with Gasteiger partial charge in [0.2, 0.25) is 11.8 Å². The molecule has 1 aromatic rings. The summed E-state index contributed by atoms with van der Waals surface area (Å²) in [5.74, 6) is -1.34. The van der Waals surface area contributed by atoms with Crippen molar-refractivity contribution in [2.45, 2.75) is 39.2 Å². The van der Waals surface area contributed by atoms with Gasteiger partial charge in [0.1, 0.15) is 11.8 Å². The van der Waals surface area contributed by atoms with E-state index in [4.69, 9.17) is 0 Å². The number of carbonyl (C=O) groups is 5. The standard InChI is InChI=1S/C21H25N3O5/c1-14(25)8-9-18(26)22-10-5-11-23(13-12-22)19(27)15(2)24-20(28)16-6-3-4-7-17(16)21(24)29/h3-4,6-7,15H,5,8-13H2,1-2H3. The summed E-state index contributed by atoms with van der Waals surface area (Å²) in [5, 5.41) is 0. The summed E-state index contributed by atoms with van der Waals surface area (Å²) in [5.41, 5.74) is 0.630. The number of imide groups is 1. The molecule has 2 heterocycles. The van der Waals surface area contributed by atoms with E-state index >= 15 is 0 Å². The van der Waals surface area contributed by atoms with E-state index in [1.165, 1.54) is 6.92 Å². The summed E-state index contributed by atoms with van der Waals surface area (Å²) in [7, 11) is 0. The van der Waals surface area contributed by atoms with Crippen molar-refractivity contribution in [3.8, 4) is 0 Å². The van der Waals surface area contributed by atoms with Gasteiger partial charge < -0.3 is 14.6 Å². The van der Waals surface area contributed by atoms with E-state index in [0.717, 1.165) is 4.90 Å². The highest BCUT2D eigenvalue weighted by atomic mass is 16.2. The van der Waals surface area contributed by atoms with Crippen molar-refractivity contribution < 1.29 is 24.0 Å². The summed E-state index contributed by atoms with van der Waals surface area (Å²) in [4.78, 5) is 65.9. The van der Waals surface area contributed by atoms with E-state index in [0.29, 0.717) is 43.7 Å². The van der Waals surface area contributed by atoms with E-state index < -0.39 is 17.9 Å². The Hall–Kier alpha value is -3.03. The highest BCUT2D eigenvalue weighted by Gasteiger charge is 2.41. The third-order valence-electron chi connectivity index (χ3n) is 5.42. The zero-order valence-corrected chi connectivity index (χ0v) is 16.7. The molecule has 1 atom stereocenters. The highest BCUT2D eigenvalue weighted by molar-refractivity contribution is 6.22. The lowest BCUT2D eigenvalue weighted by Crippen LogP contribution is -2.50. The number of ketones is 1. The molecule has 1 saturated heterocycles. The largest absolute Gasteiger partial charge is 0.341 e. The monoisotopic (exact) mass is 399 g/mol. The van der Waals surface area contributed by atoms with E-state index in [9.17, 15) is 24.0 Å². The van der Waals surface area contributed by atoms with Crippen LogP contribution in [-0.2, 0) is 14.4 Å². The van der Waals surface area contributed by atoms with Gasteiger partial charge >= 0.3 is 0 Å². The van der Waals surface area contributed by atoms with Crippen LogP contribution < -0.4 is 0 Å².